The van der Waals surface area contributed by atoms with E-state index in [-0.39, 0.29) is 23.3 Å². The summed E-state index contributed by atoms with van der Waals surface area (Å²) in [5.41, 5.74) is 0.978. The Labute approximate surface area is 187 Å². The van der Waals surface area contributed by atoms with Gasteiger partial charge in [-0.2, -0.15) is 4.31 Å². The lowest BCUT2D eigenvalue weighted by molar-refractivity contribution is -0.119. The summed E-state index contributed by atoms with van der Waals surface area (Å²) in [5, 5.41) is 2.79. The van der Waals surface area contributed by atoms with Crippen molar-refractivity contribution in [1.82, 2.24) is 4.31 Å². The zero-order valence-corrected chi connectivity index (χ0v) is 18.7. The highest BCUT2D eigenvalue weighted by atomic mass is 32.2. The van der Waals surface area contributed by atoms with Crippen LogP contribution in [0.2, 0.25) is 0 Å². The molecule has 170 valence electrons. The molecule has 1 saturated heterocycles. The highest BCUT2D eigenvalue weighted by Crippen LogP contribution is 2.36. The van der Waals surface area contributed by atoms with E-state index in [1.54, 1.807) is 37.4 Å². The molecule has 1 fully saturated rings. The number of carbonyl (C=O) groups is 2. The van der Waals surface area contributed by atoms with Gasteiger partial charge in [-0.15, -0.1) is 0 Å². The number of anilines is 2. The molecule has 0 radical (unpaired) electrons. The van der Waals surface area contributed by atoms with Gasteiger partial charge in [0.05, 0.1) is 24.2 Å². The Morgan fingerprint density at radius 2 is 1.88 bits per heavy atom. The van der Waals surface area contributed by atoms with E-state index in [4.69, 9.17) is 9.47 Å². The van der Waals surface area contributed by atoms with Crippen LogP contribution < -0.4 is 19.7 Å². The molecular formula is C22H25N3O6S. The Morgan fingerprint density at radius 1 is 1.12 bits per heavy atom. The lowest BCUT2D eigenvalue weighted by atomic mass is 10.2. The molecule has 1 unspecified atom stereocenters. The number of hydrogen-bond donors (Lipinski definition) is 1. The molecule has 1 atom stereocenters. The van der Waals surface area contributed by atoms with Crippen molar-refractivity contribution in [2.75, 3.05) is 37.0 Å². The predicted molar refractivity (Wildman–Crippen MR) is 119 cm³/mol. The number of nitrogens with one attached hydrogen (secondary N) is 1. The van der Waals surface area contributed by atoms with Gasteiger partial charge in [0, 0.05) is 19.2 Å². The second kappa shape index (κ2) is 8.79. The molecule has 4 rings (SSSR count). The molecule has 0 saturated carbocycles. The molecule has 2 aliphatic rings. The summed E-state index contributed by atoms with van der Waals surface area (Å²) in [5.74, 6) is 0.537. The maximum Gasteiger partial charge on any atom is 0.243 e. The van der Waals surface area contributed by atoms with Crippen molar-refractivity contribution < 1.29 is 27.5 Å². The second-order valence-corrected chi connectivity index (χ2v) is 9.53. The molecule has 0 bridgehead atoms. The van der Waals surface area contributed by atoms with E-state index in [0.29, 0.717) is 48.9 Å². The zero-order chi connectivity index (χ0) is 22.9. The molecule has 2 aromatic rings. The van der Waals surface area contributed by atoms with E-state index in [2.05, 4.69) is 5.32 Å². The van der Waals surface area contributed by atoms with Crippen molar-refractivity contribution in [2.45, 2.75) is 30.7 Å². The molecule has 2 heterocycles. The minimum atomic E-state index is -3.96. The van der Waals surface area contributed by atoms with Crippen LogP contribution >= 0.6 is 0 Å². The number of carbonyl (C=O) groups excluding carboxylic acids is 2. The number of fused-ring (bicyclic) bond motifs is 1. The van der Waals surface area contributed by atoms with Gasteiger partial charge < -0.3 is 19.7 Å². The molecule has 32 heavy (non-hydrogen) atoms. The smallest absolute Gasteiger partial charge is 0.243 e. The maximum atomic E-state index is 13.4. The van der Waals surface area contributed by atoms with Gasteiger partial charge in [0.2, 0.25) is 21.8 Å². The molecule has 0 aliphatic carbocycles. The van der Waals surface area contributed by atoms with Crippen molar-refractivity contribution in [3.05, 3.63) is 42.5 Å². The number of benzene rings is 2. The lowest BCUT2D eigenvalue weighted by Crippen LogP contribution is -2.43. The van der Waals surface area contributed by atoms with E-state index in [1.165, 1.54) is 28.3 Å². The summed E-state index contributed by atoms with van der Waals surface area (Å²) in [6.07, 6.45) is 1.00. The van der Waals surface area contributed by atoms with E-state index in [0.717, 1.165) is 0 Å². The van der Waals surface area contributed by atoms with Gasteiger partial charge in [0.1, 0.15) is 24.1 Å². The van der Waals surface area contributed by atoms with Gasteiger partial charge >= 0.3 is 0 Å². The van der Waals surface area contributed by atoms with Crippen LogP contribution in [0.5, 0.6) is 11.5 Å². The molecule has 0 spiro atoms. The summed E-state index contributed by atoms with van der Waals surface area (Å²) < 4.78 is 38.8. The molecule has 9 nitrogen and oxygen atoms in total. The van der Waals surface area contributed by atoms with Gasteiger partial charge in [-0.25, -0.2) is 8.42 Å². The number of ether oxygens (including phenoxy) is 2. The number of methoxy groups -OCH3 is 1. The third kappa shape index (κ3) is 4.15. The summed E-state index contributed by atoms with van der Waals surface area (Å²) in [6, 6.07) is 10.5. The van der Waals surface area contributed by atoms with Crippen molar-refractivity contribution in [3.63, 3.8) is 0 Å². The van der Waals surface area contributed by atoms with Crippen LogP contribution in [0.1, 0.15) is 19.8 Å². The Bertz CT molecular complexity index is 1130. The predicted octanol–water partition coefficient (Wildman–Crippen LogP) is 2.23. The first-order valence-electron chi connectivity index (χ1n) is 10.3. The maximum absolute atomic E-state index is 13.4. The lowest BCUT2D eigenvalue weighted by Gasteiger charge is -2.30. The standard InChI is InChI=1S/C22H25N3O6S/c1-15(26)24-12-13-31-21-10-9-18(14-20(21)24)32(28,29)25-11-3-4-19(25)22(27)23-16-5-7-17(30-2)8-6-16/h5-10,14,19H,3-4,11-13H2,1-2H3,(H,23,27). The molecular weight excluding hydrogens is 434 g/mol. The van der Waals surface area contributed by atoms with Crippen molar-refractivity contribution in [3.8, 4) is 11.5 Å². The van der Waals surface area contributed by atoms with Crippen LogP contribution in [-0.2, 0) is 19.6 Å². The van der Waals surface area contributed by atoms with Crippen LogP contribution in [0.25, 0.3) is 0 Å². The number of amides is 2. The monoisotopic (exact) mass is 459 g/mol. The normalized spacial score (nSPS) is 18.6. The SMILES string of the molecule is COc1ccc(NC(=O)C2CCCN2S(=O)(=O)c2ccc3c(c2)N(C(C)=O)CCO3)cc1. The second-order valence-electron chi connectivity index (χ2n) is 7.64. The summed E-state index contributed by atoms with van der Waals surface area (Å²) in [6.45, 7) is 2.37. The minimum absolute atomic E-state index is 0.0251. The quantitative estimate of drug-likeness (QED) is 0.735. The minimum Gasteiger partial charge on any atom is -0.497 e. The zero-order valence-electron chi connectivity index (χ0n) is 17.9. The van der Waals surface area contributed by atoms with Gasteiger partial charge in [-0.1, -0.05) is 0 Å². The van der Waals surface area contributed by atoms with Crippen LogP contribution in [0.15, 0.2) is 47.4 Å². The van der Waals surface area contributed by atoms with Crippen molar-refractivity contribution in [1.29, 1.82) is 0 Å². The van der Waals surface area contributed by atoms with Gasteiger partial charge in [0.25, 0.3) is 0 Å². The first kappa shape index (κ1) is 22.1. The number of sulfonamides is 1. The van der Waals surface area contributed by atoms with E-state index in [1.807, 2.05) is 0 Å². The molecule has 2 amide bonds. The van der Waals surface area contributed by atoms with Gasteiger partial charge in [-0.05, 0) is 55.3 Å². The Balaban J connectivity index is 1.58. The number of rotatable bonds is 5. The Hall–Kier alpha value is -3.11. The average molecular weight is 460 g/mol. The average Bonchev–Trinajstić information content (AvgIpc) is 3.30. The molecule has 2 aromatic carbocycles. The van der Waals surface area contributed by atoms with Gasteiger partial charge in [-0.3, -0.25) is 9.59 Å². The summed E-state index contributed by atoms with van der Waals surface area (Å²) in [7, 11) is -2.41. The highest BCUT2D eigenvalue weighted by Gasteiger charge is 2.40. The molecule has 2 aliphatic heterocycles. The fraction of sp³-hybridized carbons (Fsp3) is 0.364. The van der Waals surface area contributed by atoms with Crippen molar-refractivity contribution in [2.24, 2.45) is 0 Å². The Morgan fingerprint density at radius 3 is 2.56 bits per heavy atom. The first-order chi connectivity index (χ1) is 15.3. The molecule has 10 heteroatoms. The molecule has 1 N–H and O–H groups in total. The Kier molecular flexibility index (Phi) is 6.07. The fourth-order valence-corrected chi connectivity index (χ4v) is 5.69. The summed E-state index contributed by atoms with van der Waals surface area (Å²) >= 11 is 0. The van der Waals surface area contributed by atoms with Crippen LogP contribution in [0.4, 0.5) is 11.4 Å². The largest absolute Gasteiger partial charge is 0.497 e. The summed E-state index contributed by atoms with van der Waals surface area (Å²) in [4.78, 5) is 26.4. The molecule has 0 aromatic heterocycles. The van der Waals surface area contributed by atoms with E-state index < -0.39 is 16.1 Å². The van der Waals surface area contributed by atoms with Gasteiger partial charge in [0.15, 0.2) is 0 Å². The third-order valence-corrected chi connectivity index (χ3v) is 7.55. The van der Waals surface area contributed by atoms with Crippen LogP contribution in [0, 0.1) is 0 Å². The fourth-order valence-electron chi connectivity index (χ4n) is 4.01. The van der Waals surface area contributed by atoms with Crippen LogP contribution in [0.3, 0.4) is 0 Å². The van der Waals surface area contributed by atoms with Crippen molar-refractivity contribution >= 4 is 33.2 Å². The number of hydrogen-bond acceptors (Lipinski definition) is 6. The highest BCUT2D eigenvalue weighted by molar-refractivity contribution is 7.89. The van der Waals surface area contributed by atoms with E-state index >= 15 is 0 Å². The number of nitrogens with zero attached hydrogens (tertiary/aromatic N) is 2. The first-order valence-corrected chi connectivity index (χ1v) is 11.8. The third-order valence-electron chi connectivity index (χ3n) is 5.64. The van der Waals surface area contributed by atoms with E-state index in [9.17, 15) is 18.0 Å². The van der Waals surface area contributed by atoms with Crippen LogP contribution in [-0.4, -0.2) is 57.4 Å². The topological polar surface area (TPSA) is 105 Å².